The molecule has 1 aliphatic carbocycles. The van der Waals surface area contributed by atoms with Crippen molar-refractivity contribution in [2.24, 2.45) is 11.7 Å². The van der Waals surface area contributed by atoms with Gasteiger partial charge in [0.25, 0.3) is 0 Å². The lowest BCUT2D eigenvalue weighted by molar-refractivity contribution is 0.00793. The second-order valence-electron chi connectivity index (χ2n) is 9.51. The number of ether oxygens (including phenoxy) is 1. The van der Waals surface area contributed by atoms with Crippen LogP contribution in [0, 0.1) is 5.92 Å². The number of hydrogen-bond donors (Lipinski definition) is 1. The summed E-state index contributed by atoms with van der Waals surface area (Å²) in [5.41, 5.74) is 8.14. The minimum atomic E-state index is -0.442. The van der Waals surface area contributed by atoms with Gasteiger partial charge in [-0.1, -0.05) is 43.5 Å². The molecule has 2 fully saturated rings. The molecular formula is C23H37N3O2. The summed E-state index contributed by atoms with van der Waals surface area (Å²) in [6.45, 7) is 11.0. The van der Waals surface area contributed by atoms with Crippen LogP contribution in [-0.4, -0.2) is 47.7 Å². The van der Waals surface area contributed by atoms with Crippen molar-refractivity contribution >= 4 is 6.09 Å². The van der Waals surface area contributed by atoms with Crippen molar-refractivity contribution in [1.82, 2.24) is 9.80 Å². The Kier molecular flexibility index (Phi) is 6.66. The molecular weight excluding hydrogens is 350 g/mol. The Morgan fingerprint density at radius 1 is 1.11 bits per heavy atom. The standard InChI is InChI=1S/C23H37N3O2/c1-17(24)19-8-10-20(11-9-19)21(16-18-6-5-7-18)25-12-14-26(15-13-25)22(27)28-23(2,3)4/h8-11,17-18,21H,5-7,12-16,24H2,1-4H3/t17-,21?/m0/s1. The average molecular weight is 388 g/mol. The second-order valence-corrected chi connectivity index (χ2v) is 9.51. The number of nitrogens with two attached hydrogens (primary N) is 1. The number of carbonyl (C=O) groups is 1. The quantitative estimate of drug-likeness (QED) is 0.809. The number of benzene rings is 1. The summed E-state index contributed by atoms with van der Waals surface area (Å²) in [5, 5.41) is 0. The van der Waals surface area contributed by atoms with Crippen molar-refractivity contribution in [2.75, 3.05) is 26.2 Å². The van der Waals surface area contributed by atoms with Gasteiger partial charge in [-0.2, -0.15) is 0 Å². The fraction of sp³-hybridized carbons (Fsp3) is 0.696. The molecule has 0 bridgehead atoms. The van der Waals surface area contributed by atoms with E-state index in [0.717, 1.165) is 32.1 Å². The van der Waals surface area contributed by atoms with Crippen molar-refractivity contribution in [3.8, 4) is 0 Å². The highest BCUT2D eigenvalue weighted by atomic mass is 16.6. The summed E-state index contributed by atoms with van der Waals surface area (Å²) in [7, 11) is 0. The Bertz CT molecular complexity index is 639. The van der Waals surface area contributed by atoms with Crippen LogP contribution in [0.1, 0.15) is 76.6 Å². The van der Waals surface area contributed by atoms with Gasteiger partial charge in [-0.25, -0.2) is 4.79 Å². The van der Waals surface area contributed by atoms with Gasteiger partial charge < -0.3 is 15.4 Å². The molecule has 1 saturated carbocycles. The topological polar surface area (TPSA) is 58.8 Å². The summed E-state index contributed by atoms with van der Waals surface area (Å²) >= 11 is 0. The van der Waals surface area contributed by atoms with Gasteiger partial charge in [0.05, 0.1) is 0 Å². The molecule has 0 aromatic heterocycles. The van der Waals surface area contributed by atoms with E-state index in [1.54, 1.807) is 0 Å². The summed E-state index contributed by atoms with van der Waals surface area (Å²) in [6.07, 6.45) is 5.10. The predicted octanol–water partition coefficient (Wildman–Crippen LogP) is 4.49. The largest absolute Gasteiger partial charge is 0.444 e. The number of amides is 1. The first-order valence-electron chi connectivity index (χ1n) is 10.8. The number of hydrogen-bond acceptors (Lipinski definition) is 4. The lowest BCUT2D eigenvalue weighted by Crippen LogP contribution is -2.51. The summed E-state index contributed by atoms with van der Waals surface area (Å²) < 4.78 is 5.54. The van der Waals surface area contributed by atoms with E-state index in [0.29, 0.717) is 6.04 Å². The van der Waals surface area contributed by atoms with Gasteiger partial charge in [0.1, 0.15) is 5.60 Å². The number of carbonyl (C=O) groups excluding carboxylic acids is 1. The zero-order chi connectivity index (χ0) is 20.3. The van der Waals surface area contributed by atoms with Gasteiger partial charge in [-0.05, 0) is 51.2 Å². The molecule has 2 atom stereocenters. The maximum absolute atomic E-state index is 12.4. The molecule has 156 valence electrons. The zero-order valence-corrected chi connectivity index (χ0v) is 18.0. The van der Waals surface area contributed by atoms with Gasteiger partial charge >= 0.3 is 6.09 Å². The Labute approximate surface area is 170 Å². The Morgan fingerprint density at radius 3 is 2.14 bits per heavy atom. The maximum atomic E-state index is 12.4. The molecule has 3 rings (SSSR count). The van der Waals surface area contributed by atoms with Gasteiger partial charge in [0, 0.05) is 38.3 Å². The van der Waals surface area contributed by atoms with Crippen LogP contribution < -0.4 is 5.73 Å². The number of piperazine rings is 1. The molecule has 1 saturated heterocycles. The van der Waals surface area contributed by atoms with Crippen LogP contribution in [0.4, 0.5) is 4.79 Å². The molecule has 5 heteroatoms. The first-order chi connectivity index (χ1) is 13.2. The molecule has 0 radical (unpaired) electrons. The first kappa shape index (κ1) is 21.1. The summed E-state index contributed by atoms with van der Waals surface area (Å²) in [6, 6.07) is 9.34. The lowest BCUT2D eigenvalue weighted by atomic mass is 9.79. The summed E-state index contributed by atoms with van der Waals surface area (Å²) in [5.74, 6) is 0.835. The van der Waals surface area contributed by atoms with E-state index in [4.69, 9.17) is 10.5 Å². The molecule has 1 unspecified atom stereocenters. The zero-order valence-electron chi connectivity index (χ0n) is 18.0. The third-order valence-corrected chi connectivity index (χ3v) is 6.04. The van der Waals surface area contributed by atoms with E-state index >= 15 is 0 Å². The van der Waals surface area contributed by atoms with E-state index in [-0.39, 0.29) is 12.1 Å². The lowest BCUT2D eigenvalue weighted by Gasteiger charge is -2.42. The van der Waals surface area contributed by atoms with E-state index < -0.39 is 5.60 Å². The minimum Gasteiger partial charge on any atom is -0.444 e. The molecule has 0 spiro atoms. The number of rotatable bonds is 5. The smallest absolute Gasteiger partial charge is 0.410 e. The molecule has 1 amide bonds. The Balaban J connectivity index is 1.65. The Morgan fingerprint density at radius 2 is 1.68 bits per heavy atom. The van der Waals surface area contributed by atoms with Crippen LogP contribution in [-0.2, 0) is 4.74 Å². The molecule has 1 aliphatic heterocycles. The van der Waals surface area contributed by atoms with E-state index in [1.807, 2.05) is 32.6 Å². The molecule has 2 aliphatic rings. The molecule has 5 nitrogen and oxygen atoms in total. The number of nitrogens with zero attached hydrogens (tertiary/aromatic N) is 2. The summed E-state index contributed by atoms with van der Waals surface area (Å²) in [4.78, 5) is 16.8. The fourth-order valence-corrected chi connectivity index (χ4v) is 4.10. The monoisotopic (exact) mass is 387 g/mol. The first-order valence-corrected chi connectivity index (χ1v) is 10.8. The Hall–Kier alpha value is -1.59. The average Bonchev–Trinajstić information content (AvgIpc) is 2.60. The maximum Gasteiger partial charge on any atom is 0.410 e. The van der Waals surface area contributed by atoms with E-state index in [2.05, 4.69) is 29.2 Å². The minimum absolute atomic E-state index is 0.0662. The van der Waals surface area contributed by atoms with Crippen molar-refractivity contribution in [3.05, 3.63) is 35.4 Å². The van der Waals surface area contributed by atoms with Crippen LogP contribution in [0.25, 0.3) is 0 Å². The van der Waals surface area contributed by atoms with Crippen LogP contribution in [0.3, 0.4) is 0 Å². The molecule has 28 heavy (non-hydrogen) atoms. The highest BCUT2D eigenvalue weighted by molar-refractivity contribution is 5.68. The molecule has 2 N–H and O–H groups in total. The third-order valence-electron chi connectivity index (χ3n) is 6.04. The second kappa shape index (κ2) is 8.83. The van der Waals surface area contributed by atoms with Crippen LogP contribution in [0.2, 0.25) is 0 Å². The van der Waals surface area contributed by atoms with Crippen LogP contribution >= 0.6 is 0 Å². The van der Waals surface area contributed by atoms with Gasteiger partial charge in [-0.3, -0.25) is 4.90 Å². The van der Waals surface area contributed by atoms with Gasteiger partial charge in [-0.15, -0.1) is 0 Å². The van der Waals surface area contributed by atoms with E-state index in [1.165, 1.54) is 36.8 Å². The normalized spacial score (nSPS) is 21.1. The predicted molar refractivity (Wildman–Crippen MR) is 113 cm³/mol. The molecule has 1 aromatic rings. The highest BCUT2D eigenvalue weighted by Gasteiger charge is 2.32. The van der Waals surface area contributed by atoms with Crippen molar-refractivity contribution < 1.29 is 9.53 Å². The molecule has 1 heterocycles. The van der Waals surface area contributed by atoms with Gasteiger partial charge in [0.15, 0.2) is 0 Å². The van der Waals surface area contributed by atoms with Gasteiger partial charge in [0.2, 0.25) is 0 Å². The van der Waals surface area contributed by atoms with E-state index in [9.17, 15) is 4.79 Å². The fourth-order valence-electron chi connectivity index (χ4n) is 4.10. The van der Waals surface area contributed by atoms with Crippen LogP contribution in [0.15, 0.2) is 24.3 Å². The highest BCUT2D eigenvalue weighted by Crippen LogP contribution is 2.38. The van der Waals surface area contributed by atoms with Crippen molar-refractivity contribution in [3.63, 3.8) is 0 Å². The molecule has 1 aromatic carbocycles. The van der Waals surface area contributed by atoms with Crippen LogP contribution in [0.5, 0.6) is 0 Å². The van der Waals surface area contributed by atoms with Crippen molar-refractivity contribution in [1.29, 1.82) is 0 Å². The third kappa shape index (κ3) is 5.48. The van der Waals surface area contributed by atoms with Crippen molar-refractivity contribution in [2.45, 2.75) is 71.1 Å². The SMILES string of the molecule is C[C@H](N)c1ccc(C(CC2CCC2)N2CCN(C(=O)OC(C)(C)C)CC2)cc1.